The molecule has 0 saturated heterocycles. The van der Waals surface area contributed by atoms with E-state index in [0.29, 0.717) is 11.8 Å². The molecule has 0 fully saturated rings. The molecular weight excluding hydrogens is 556 g/mol. The average Bonchev–Trinajstić information content (AvgIpc) is 3.14. The van der Waals surface area contributed by atoms with Crippen LogP contribution in [-0.2, 0) is 6.42 Å². The van der Waals surface area contributed by atoms with E-state index in [1.54, 1.807) is 0 Å². The molecular formula is C44H36N2. The summed E-state index contributed by atoms with van der Waals surface area (Å²) in [4.78, 5) is 4.81. The second-order valence-electron chi connectivity index (χ2n) is 12.1. The van der Waals surface area contributed by atoms with E-state index in [9.17, 15) is 0 Å². The van der Waals surface area contributed by atoms with Gasteiger partial charge in [-0.25, -0.2) is 0 Å². The van der Waals surface area contributed by atoms with Gasteiger partial charge in [0, 0.05) is 46.0 Å². The Labute approximate surface area is 272 Å². The summed E-state index contributed by atoms with van der Waals surface area (Å²) < 4.78 is 0. The number of hydrogen-bond acceptors (Lipinski definition) is 2. The lowest BCUT2D eigenvalue weighted by Gasteiger charge is -2.36. The molecule has 0 N–H and O–H groups in total. The molecule has 46 heavy (non-hydrogen) atoms. The monoisotopic (exact) mass is 592 g/mol. The van der Waals surface area contributed by atoms with Gasteiger partial charge in [-0.3, -0.25) is 0 Å². The summed E-state index contributed by atoms with van der Waals surface area (Å²) in [6.45, 7) is 0. The fourth-order valence-corrected chi connectivity index (χ4v) is 7.02. The van der Waals surface area contributed by atoms with Gasteiger partial charge in [-0.2, -0.15) is 0 Å². The van der Waals surface area contributed by atoms with Gasteiger partial charge in [0.25, 0.3) is 0 Å². The Bertz CT molecular complexity index is 1980. The minimum Gasteiger partial charge on any atom is -0.314 e. The number of anilines is 5. The summed E-state index contributed by atoms with van der Waals surface area (Å²) >= 11 is 0. The maximum atomic E-state index is 2.41. The lowest BCUT2D eigenvalue weighted by atomic mass is 9.82. The molecule has 8 rings (SSSR count). The third kappa shape index (κ3) is 5.33. The molecule has 2 nitrogen and oxygen atoms in total. The quantitative estimate of drug-likeness (QED) is 0.185. The molecule has 5 aromatic carbocycles. The zero-order valence-electron chi connectivity index (χ0n) is 25.8. The van der Waals surface area contributed by atoms with Gasteiger partial charge in [0.05, 0.1) is 0 Å². The Hall–Kier alpha value is -5.60. The Kier molecular flexibility index (Phi) is 7.54. The maximum Gasteiger partial charge on any atom is 0.0499 e. The smallest absolute Gasteiger partial charge is 0.0499 e. The number of hydrogen-bond donors (Lipinski definition) is 0. The fourth-order valence-electron chi connectivity index (χ4n) is 7.02. The molecule has 0 bridgehead atoms. The average molecular weight is 593 g/mol. The van der Waals surface area contributed by atoms with Crippen LogP contribution in [0.5, 0.6) is 0 Å². The summed E-state index contributed by atoms with van der Waals surface area (Å²) in [6.07, 6.45) is 22.4. The van der Waals surface area contributed by atoms with Crippen LogP contribution < -0.4 is 9.80 Å². The van der Waals surface area contributed by atoms with Crippen molar-refractivity contribution in [2.75, 3.05) is 9.80 Å². The first-order chi connectivity index (χ1) is 22.8. The molecule has 2 unspecified atom stereocenters. The second-order valence-corrected chi connectivity index (χ2v) is 12.1. The Morgan fingerprint density at radius 3 is 1.78 bits per heavy atom. The fraction of sp³-hybridized carbons (Fsp3) is 0.0909. The molecule has 0 heterocycles. The molecule has 3 aliphatic rings. The van der Waals surface area contributed by atoms with Gasteiger partial charge in [-0.1, -0.05) is 121 Å². The molecule has 0 radical (unpaired) electrons. The molecule has 0 aromatic heterocycles. The van der Waals surface area contributed by atoms with Gasteiger partial charge in [0.15, 0.2) is 0 Å². The predicted octanol–water partition coefficient (Wildman–Crippen LogP) is 11.7. The summed E-state index contributed by atoms with van der Waals surface area (Å²) in [5, 5.41) is 0. The minimum absolute atomic E-state index is 0.307. The SMILES string of the molecule is C1=CC2C=CC=C(N(c3ccccc3)c3ccc(-c4ccc(N(c5ccccc5)c5cccc6c5CCC=C6)cc4)cc3)C2C=C1. The van der Waals surface area contributed by atoms with Crippen molar-refractivity contribution in [3.8, 4) is 11.1 Å². The van der Waals surface area contributed by atoms with Crippen LogP contribution in [0.4, 0.5) is 28.4 Å². The highest BCUT2D eigenvalue weighted by Crippen LogP contribution is 2.42. The predicted molar refractivity (Wildman–Crippen MR) is 195 cm³/mol. The van der Waals surface area contributed by atoms with Crippen LogP contribution in [0.15, 0.2) is 182 Å². The zero-order valence-corrected chi connectivity index (χ0v) is 25.8. The molecule has 0 saturated carbocycles. The highest BCUT2D eigenvalue weighted by atomic mass is 15.2. The standard InChI is InChI=1S/C44H36N2/c1-3-17-37(18-4-1)45(43-23-11-15-35-13-7-9-21-41(35)43)39-29-25-33(26-30-39)34-27-31-40(32-28-34)46(38-19-5-2-6-20-38)44-24-12-16-36-14-8-10-22-42(36)44/h1-9,11-21,23-32,35,41H,10,22H2. The molecule has 222 valence electrons. The molecule has 5 aromatic rings. The summed E-state index contributed by atoms with van der Waals surface area (Å²) in [5.74, 6) is 0.684. The van der Waals surface area contributed by atoms with E-state index >= 15 is 0 Å². The second kappa shape index (κ2) is 12.4. The van der Waals surface area contributed by atoms with Gasteiger partial charge in [0.2, 0.25) is 0 Å². The normalized spacial score (nSPS) is 17.6. The Balaban J connectivity index is 1.12. The third-order valence-corrected chi connectivity index (χ3v) is 9.28. The number of allylic oxidation sites excluding steroid dienone is 8. The van der Waals surface area contributed by atoms with Gasteiger partial charge in [-0.15, -0.1) is 0 Å². The lowest BCUT2D eigenvalue weighted by molar-refractivity contribution is 0.612. The van der Waals surface area contributed by atoms with E-state index in [1.165, 1.54) is 45.0 Å². The Morgan fingerprint density at radius 1 is 0.500 bits per heavy atom. The molecule has 2 atom stereocenters. The van der Waals surface area contributed by atoms with Crippen LogP contribution >= 0.6 is 0 Å². The van der Waals surface area contributed by atoms with Crippen molar-refractivity contribution in [1.82, 2.24) is 0 Å². The number of fused-ring (bicyclic) bond motifs is 2. The van der Waals surface area contributed by atoms with Crippen molar-refractivity contribution in [2.45, 2.75) is 12.8 Å². The van der Waals surface area contributed by atoms with Crippen molar-refractivity contribution >= 4 is 34.5 Å². The summed E-state index contributed by atoms with van der Waals surface area (Å²) in [6, 6.07) is 46.1. The molecule has 3 aliphatic carbocycles. The number of para-hydroxylation sites is 2. The van der Waals surface area contributed by atoms with Gasteiger partial charge >= 0.3 is 0 Å². The molecule has 0 spiro atoms. The van der Waals surface area contributed by atoms with Crippen molar-refractivity contribution in [1.29, 1.82) is 0 Å². The van der Waals surface area contributed by atoms with E-state index in [4.69, 9.17) is 0 Å². The van der Waals surface area contributed by atoms with Crippen LogP contribution in [-0.4, -0.2) is 0 Å². The van der Waals surface area contributed by atoms with Crippen LogP contribution in [0.3, 0.4) is 0 Å². The number of rotatable bonds is 7. The van der Waals surface area contributed by atoms with E-state index in [-0.39, 0.29) is 0 Å². The van der Waals surface area contributed by atoms with E-state index in [0.717, 1.165) is 24.2 Å². The number of nitrogens with zero attached hydrogens (tertiary/aromatic N) is 2. The summed E-state index contributed by atoms with van der Waals surface area (Å²) in [5.41, 5.74) is 12.3. The third-order valence-electron chi connectivity index (χ3n) is 9.28. The zero-order chi connectivity index (χ0) is 30.7. The first-order valence-corrected chi connectivity index (χ1v) is 16.3. The van der Waals surface area contributed by atoms with Crippen molar-refractivity contribution in [3.05, 3.63) is 193 Å². The van der Waals surface area contributed by atoms with Gasteiger partial charge in [-0.05, 0) is 95.8 Å². The highest BCUT2D eigenvalue weighted by molar-refractivity contribution is 5.82. The van der Waals surface area contributed by atoms with Gasteiger partial charge in [0.1, 0.15) is 0 Å². The van der Waals surface area contributed by atoms with Gasteiger partial charge < -0.3 is 9.80 Å². The largest absolute Gasteiger partial charge is 0.314 e. The molecule has 0 amide bonds. The van der Waals surface area contributed by atoms with Crippen LogP contribution in [0, 0.1) is 11.8 Å². The van der Waals surface area contributed by atoms with Crippen LogP contribution in [0.25, 0.3) is 17.2 Å². The molecule has 2 heteroatoms. The topological polar surface area (TPSA) is 6.48 Å². The first-order valence-electron chi connectivity index (χ1n) is 16.3. The van der Waals surface area contributed by atoms with E-state index in [2.05, 4.69) is 192 Å². The van der Waals surface area contributed by atoms with Crippen molar-refractivity contribution < 1.29 is 0 Å². The number of benzene rings is 5. The Morgan fingerprint density at radius 2 is 1.09 bits per heavy atom. The lowest BCUT2D eigenvalue weighted by Crippen LogP contribution is -2.27. The van der Waals surface area contributed by atoms with E-state index < -0.39 is 0 Å². The van der Waals surface area contributed by atoms with Crippen molar-refractivity contribution in [3.63, 3.8) is 0 Å². The summed E-state index contributed by atoms with van der Waals surface area (Å²) in [7, 11) is 0. The van der Waals surface area contributed by atoms with E-state index in [1.807, 2.05) is 0 Å². The van der Waals surface area contributed by atoms with Crippen LogP contribution in [0.2, 0.25) is 0 Å². The maximum absolute atomic E-state index is 2.41. The van der Waals surface area contributed by atoms with Crippen LogP contribution in [0.1, 0.15) is 17.5 Å². The first kappa shape index (κ1) is 27.9. The minimum atomic E-state index is 0.307. The highest BCUT2D eigenvalue weighted by Gasteiger charge is 2.28. The van der Waals surface area contributed by atoms with Crippen molar-refractivity contribution in [2.24, 2.45) is 11.8 Å². The molecule has 0 aliphatic heterocycles.